The van der Waals surface area contributed by atoms with Gasteiger partial charge in [0.25, 0.3) is 5.91 Å². The summed E-state index contributed by atoms with van der Waals surface area (Å²) in [5, 5.41) is 12.7. The quantitative estimate of drug-likeness (QED) is 0.793. The summed E-state index contributed by atoms with van der Waals surface area (Å²) in [6, 6.07) is 4.92. The number of rotatable bonds is 3. The first-order chi connectivity index (χ1) is 9.48. The molecule has 1 aromatic rings. The van der Waals surface area contributed by atoms with Gasteiger partial charge >= 0.3 is 0 Å². The SMILES string of the molecule is Cc1cc(C(=O)NC2(CN)CCCCC2C)ccc1O. The van der Waals surface area contributed by atoms with Gasteiger partial charge in [0.1, 0.15) is 5.75 Å². The molecule has 1 aromatic carbocycles. The van der Waals surface area contributed by atoms with Crippen LogP contribution in [0.5, 0.6) is 5.75 Å². The Morgan fingerprint density at radius 2 is 2.25 bits per heavy atom. The van der Waals surface area contributed by atoms with Gasteiger partial charge in [0.15, 0.2) is 0 Å². The topological polar surface area (TPSA) is 75.4 Å². The van der Waals surface area contributed by atoms with E-state index in [1.165, 1.54) is 6.42 Å². The molecule has 0 heterocycles. The lowest BCUT2D eigenvalue weighted by atomic mass is 9.73. The minimum atomic E-state index is -0.291. The summed E-state index contributed by atoms with van der Waals surface area (Å²) in [7, 11) is 0. The minimum Gasteiger partial charge on any atom is -0.508 e. The number of hydrogen-bond donors (Lipinski definition) is 3. The van der Waals surface area contributed by atoms with Crippen LogP contribution >= 0.6 is 0 Å². The van der Waals surface area contributed by atoms with E-state index in [1.807, 2.05) is 0 Å². The summed E-state index contributed by atoms with van der Waals surface area (Å²) in [5.41, 5.74) is 6.94. The minimum absolute atomic E-state index is 0.104. The van der Waals surface area contributed by atoms with Crippen molar-refractivity contribution < 1.29 is 9.90 Å². The van der Waals surface area contributed by atoms with Gasteiger partial charge in [-0.15, -0.1) is 0 Å². The van der Waals surface area contributed by atoms with E-state index < -0.39 is 0 Å². The summed E-state index contributed by atoms with van der Waals surface area (Å²) < 4.78 is 0. The third-order valence-corrected chi connectivity index (χ3v) is 4.64. The highest BCUT2D eigenvalue weighted by atomic mass is 16.3. The van der Waals surface area contributed by atoms with Crippen molar-refractivity contribution in [1.82, 2.24) is 5.32 Å². The summed E-state index contributed by atoms with van der Waals surface area (Å²) in [6.45, 7) is 4.42. The average molecular weight is 276 g/mol. The van der Waals surface area contributed by atoms with Crippen molar-refractivity contribution in [2.45, 2.75) is 45.1 Å². The lowest BCUT2D eigenvalue weighted by molar-refractivity contribution is 0.0812. The molecule has 1 amide bonds. The highest BCUT2D eigenvalue weighted by molar-refractivity contribution is 5.95. The lowest BCUT2D eigenvalue weighted by Gasteiger charge is -2.42. The Morgan fingerprint density at radius 1 is 1.50 bits per heavy atom. The number of phenolic OH excluding ortho intramolecular Hbond substituents is 1. The van der Waals surface area contributed by atoms with E-state index in [2.05, 4.69) is 12.2 Å². The summed E-state index contributed by atoms with van der Waals surface area (Å²) in [4.78, 5) is 12.4. The Balaban J connectivity index is 2.18. The van der Waals surface area contributed by atoms with Crippen LogP contribution in [-0.2, 0) is 0 Å². The number of benzene rings is 1. The predicted molar refractivity (Wildman–Crippen MR) is 79.7 cm³/mol. The summed E-state index contributed by atoms with van der Waals surface area (Å²) in [5.74, 6) is 0.497. The Hall–Kier alpha value is -1.55. The number of carbonyl (C=O) groups is 1. The second-order valence-electron chi connectivity index (χ2n) is 5.96. The Morgan fingerprint density at radius 3 is 2.85 bits per heavy atom. The molecule has 0 spiro atoms. The molecule has 0 aliphatic heterocycles. The molecule has 1 aliphatic carbocycles. The van der Waals surface area contributed by atoms with Crippen LogP contribution < -0.4 is 11.1 Å². The van der Waals surface area contributed by atoms with Crippen molar-refractivity contribution in [3.63, 3.8) is 0 Å². The zero-order valence-corrected chi connectivity index (χ0v) is 12.3. The molecule has 4 heteroatoms. The van der Waals surface area contributed by atoms with Crippen LogP contribution in [0.4, 0.5) is 0 Å². The number of aryl methyl sites for hydroxylation is 1. The van der Waals surface area contributed by atoms with E-state index in [4.69, 9.17) is 5.73 Å². The number of nitrogens with two attached hydrogens (primary N) is 1. The molecule has 0 radical (unpaired) electrons. The zero-order valence-electron chi connectivity index (χ0n) is 12.3. The van der Waals surface area contributed by atoms with Crippen LogP contribution in [0, 0.1) is 12.8 Å². The molecule has 20 heavy (non-hydrogen) atoms. The molecule has 0 saturated heterocycles. The second-order valence-corrected chi connectivity index (χ2v) is 5.96. The molecule has 0 bridgehead atoms. The van der Waals surface area contributed by atoms with E-state index in [1.54, 1.807) is 25.1 Å². The first-order valence-electron chi connectivity index (χ1n) is 7.31. The van der Waals surface area contributed by atoms with Crippen molar-refractivity contribution in [1.29, 1.82) is 0 Å². The van der Waals surface area contributed by atoms with Crippen molar-refractivity contribution in [2.75, 3.05) is 6.54 Å². The van der Waals surface area contributed by atoms with Crippen LogP contribution in [0.3, 0.4) is 0 Å². The summed E-state index contributed by atoms with van der Waals surface area (Å²) >= 11 is 0. The van der Waals surface area contributed by atoms with Crippen LogP contribution in [0.15, 0.2) is 18.2 Å². The molecule has 1 aliphatic rings. The van der Waals surface area contributed by atoms with Gasteiger partial charge in [-0.25, -0.2) is 0 Å². The van der Waals surface area contributed by atoms with Crippen LogP contribution in [0.1, 0.15) is 48.5 Å². The van der Waals surface area contributed by atoms with Crippen molar-refractivity contribution in [3.8, 4) is 5.75 Å². The zero-order chi connectivity index (χ0) is 14.8. The number of carbonyl (C=O) groups excluding carboxylic acids is 1. The van der Waals surface area contributed by atoms with E-state index >= 15 is 0 Å². The van der Waals surface area contributed by atoms with Gasteiger partial charge in [-0.05, 0) is 49.4 Å². The Bertz CT molecular complexity index is 501. The first-order valence-corrected chi connectivity index (χ1v) is 7.31. The van der Waals surface area contributed by atoms with E-state index in [0.717, 1.165) is 19.3 Å². The number of amides is 1. The normalized spacial score (nSPS) is 26.2. The smallest absolute Gasteiger partial charge is 0.251 e. The van der Waals surface area contributed by atoms with Gasteiger partial charge in [0.05, 0.1) is 5.54 Å². The Kier molecular flexibility index (Phi) is 4.33. The number of phenols is 1. The predicted octanol–water partition coefficient (Wildman–Crippen LogP) is 2.34. The van der Waals surface area contributed by atoms with Crippen LogP contribution in [0.25, 0.3) is 0 Å². The maximum absolute atomic E-state index is 12.4. The van der Waals surface area contributed by atoms with Gasteiger partial charge < -0.3 is 16.2 Å². The van der Waals surface area contributed by atoms with Crippen molar-refractivity contribution >= 4 is 5.91 Å². The largest absolute Gasteiger partial charge is 0.508 e. The van der Waals surface area contributed by atoms with Crippen LogP contribution in [0.2, 0.25) is 0 Å². The molecule has 1 saturated carbocycles. The third kappa shape index (κ3) is 2.80. The molecule has 0 aromatic heterocycles. The van der Waals surface area contributed by atoms with E-state index in [0.29, 0.717) is 23.6 Å². The fourth-order valence-corrected chi connectivity index (χ4v) is 3.05. The van der Waals surface area contributed by atoms with Gasteiger partial charge in [-0.1, -0.05) is 19.8 Å². The second kappa shape index (κ2) is 5.83. The van der Waals surface area contributed by atoms with Crippen molar-refractivity contribution in [2.24, 2.45) is 11.7 Å². The van der Waals surface area contributed by atoms with Gasteiger partial charge in [-0.3, -0.25) is 4.79 Å². The molecule has 2 rings (SSSR count). The molecule has 2 atom stereocenters. The molecule has 4 nitrogen and oxygen atoms in total. The molecule has 4 N–H and O–H groups in total. The molecular weight excluding hydrogens is 252 g/mol. The van der Waals surface area contributed by atoms with Gasteiger partial charge in [0.2, 0.25) is 0 Å². The monoisotopic (exact) mass is 276 g/mol. The van der Waals surface area contributed by atoms with Gasteiger partial charge in [0, 0.05) is 12.1 Å². The highest BCUT2D eigenvalue weighted by Crippen LogP contribution is 2.33. The molecular formula is C16H24N2O2. The standard InChI is InChI=1S/C16H24N2O2/c1-11-9-13(6-7-14(11)19)15(20)18-16(10-17)8-4-3-5-12(16)2/h6-7,9,12,19H,3-5,8,10,17H2,1-2H3,(H,18,20). The molecule has 2 unspecified atom stereocenters. The number of hydrogen-bond acceptors (Lipinski definition) is 3. The average Bonchev–Trinajstić information content (AvgIpc) is 2.44. The molecule has 110 valence electrons. The number of nitrogens with one attached hydrogen (secondary N) is 1. The number of aromatic hydroxyl groups is 1. The maximum Gasteiger partial charge on any atom is 0.251 e. The Labute approximate surface area is 120 Å². The fraction of sp³-hybridized carbons (Fsp3) is 0.562. The van der Waals surface area contributed by atoms with Crippen LogP contribution in [-0.4, -0.2) is 23.1 Å². The fourth-order valence-electron chi connectivity index (χ4n) is 3.05. The highest BCUT2D eigenvalue weighted by Gasteiger charge is 2.38. The first kappa shape index (κ1) is 14.9. The maximum atomic E-state index is 12.4. The van der Waals surface area contributed by atoms with E-state index in [-0.39, 0.29) is 17.2 Å². The molecule has 1 fully saturated rings. The van der Waals surface area contributed by atoms with Crippen molar-refractivity contribution in [3.05, 3.63) is 29.3 Å². The summed E-state index contributed by atoms with van der Waals surface area (Å²) in [6.07, 6.45) is 4.35. The van der Waals surface area contributed by atoms with Gasteiger partial charge in [-0.2, -0.15) is 0 Å². The van der Waals surface area contributed by atoms with E-state index in [9.17, 15) is 9.90 Å². The lowest BCUT2D eigenvalue weighted by Crippen LogP contribution is -2.59. The third-order valence-electron chi connectivity index (χ3n) is 4.64.